The SMILES string of the molecule is c1ccc(-c2nc(Cc3cc(Cc4cccc5c4sc4c5ccc5c6ccccc6n(-c6ccccc6)c54)cnc3-c3cccc4c3sc3c4ccc4c5ccccc5n(-c5ccccc5)c43)nc(-c3ccccc3)n2)cc1. The molecule has 10 aromatic carbocycles. The first-order valence-corrected chi connectivity index (χ1v) is 28.0. The van der Waals surface area contributed by atoms with Crippen molar-refractivity contribution in [2.45, 2.75) is 12.8 Å². The zero-order valence-corrected chi connectivity index (χ0v) is 43.6. The number of thiophene rings is 2. The van der Waals surface area contributed by atoms with Crippen molar-refractivity contribution < 1.29 is 0 Å². The normalized spacial score (nSPS) is 11.9. The summed E-state index contributed by atoms with van der Waals surface area (Å²) in [6.07, 6.45) is 3.25. The van der Waals surface area contributed by atoms with Gasteiger partial charge in [-0.2, -0.15) is 0 Å². The zero-order chi connectivity index (χ0) is 51.3. The van der Waals surface area contributed by atoms with Gasteiger partial charge < -0.3 is 9.13 Å². The van der Waals surface area contributed by atoms with Crippen molar-refractivity contribution in [3.63, 3.8) is 0 Å². The predicted octanol–water partition coefficient (Wildman–Crippen LogP) is 18.4. The van der Waals surface area contributed by atoms with Crippen LogP contribution < -0.4 is 0 Å². The summed E-state index contributed by atoms with van der Waals surface area (Å²) < 4.78 is 9.93. The van der Waals surface area contributed by atoms with Crippen LogP contribution in [-0.4, -0.2) is 29.1 Å². The average Bonchev–Trinajstić information content (AvgIpc) is 4.37. The number of benzene rings is 10. The van der Waals surface area contributed by atoms with E-state index >= 15 is 0 Å². The molecule has 0 spiro atoms. The molecule has 0 aliphatic carbocycles. The first-order chi connectivity index (χ1) is 38.7. The fraction of sp³-hybridized carbons (Fsp3) is 0.0286. The fourth-order valence-corrected chi connectivity index (χ4v) is 14.7. The van der Waals surface area contributed by atoms with E-state index < -0.39 is 0 Å². The van der Waals surface area contributed by atoms with Crippen LogP contribution in [0, 0.1) is 0 Å². The Morgan fingerprint density at radius 3 is 1.38 bits per heavy atom. The Kier molecular flexibility index (Phi) is 10.3. The van der Waals surface area contributed by atoms with Gasteiger partial charge in [0, 0.05) is 99.6 Å². The summed E-state index contributed by atoms with van der Waals surface area (Å²) in [5, 5.41) is 10.0. The third-order valence-corrected chi connectivity index (χ3v) is 18.0. The summed E-state index contributed by atoms with van der Waals surface area (Å²) in [6.45, 7) is 0. The van der Waals surface area contributed by atoms with Gasteiger partial charge in [-0.05, 0) is 53.1 Å². The lowest BCUT2D eigenvalue weighted by Crippen LogP contribution is -2.06. The number of para-hydroxylation sites is 4. The van der Waals surface area contributed by atoms with Crippen molar-refractivity contribution in [1.82, 2.24) is 29.1 Å². The number of aromatic nitrogens is 6. The highest BCUT2D eigenvalue weighted by Gasteiger charge is 2.23. The first kappa shape index (κ1) is 44.7. The highest BCUT2D eigenvalue weighted by atomic mass is 32.1. The molecule has 366 valence electrons. The van der Waals surface area contributed by atoms with Crippen LogP contribution in [0.15, 0.2) is 243 Å². The first-order valence-electron chi connectivity index (χ1n) is 26.4. The van der Waals surface area contributed by atoms with Gasteiger partial charge in [0.15, 0.2) is 11.6 Å². The molecule has 78 heavy (non-hydrogen) atoms. The van der Waals surface area contributed by atoms with E-state index in [1.165, 1.54) is 89.5 Å². The molecule has 16 rings (SSSR count). The standard InChI is InChI=1S/C70H44N6S2/c1-5-19-44(20-6-1)69-72-61(73-70(74-69)45-21-7-2-8-22-45)41-47-40-43(39-46-23-17-30-54-56-37-35-52-50-28-13-15-33-59(50)75(48-24-9-3-10-25-48)63(52)67(56)77-65(46)54)42-71-62(47)58-32-18-31-55-57-38-36-53-51-29-14-16-34-60(51)76(49-26-11-4-12-27-49)64(53)68(57)78-66(55)58/h1-38,40,42H,39,41H2. The van der Waals surface area contributed by atoms with E-state index in [1.807, 2.05) is 59.1 Å². The summed E-state index contributed by atoms with van der Waals surface area (Å²) >= 11 is 3.76. The molecule has 0 amide bonds. The molecule has 0 radical (unpaired) electrons. The second kappa shape index (κ2) is 18.0. The van der Waals surface area contributed by atoms with E-state index in [0.29, 0.717) is 30.3 Å². The van der Waals surface area contributed by atoms with E-state index in [1.54, 1.807) is 0 Å². The summed E-state index contributed by atoms with van der Waals surface area (Å²) in [6, 6.07) is 84.8. The van der Waals surface area contributed by atoms with Gasteiger partial charge in [-0.15, -0.1) is 22.7 Å². The van der Waals surface area contributed by atoms with E-state index in [-0.39, 0.29) is 0 Å². The van der Waals surface area contributed by atoms with Crippen LogP contribution in [0.25, 0.3) is 129 Å². The minimum Gasteiger partial charge on any atom is -0.308 e. The van der Waals surface area contributed by atoms with E-state index in [2.05, 4.69) is 216 Å². The van der Waals surface area contributed by atoms with Crippen LogP contribution in [-0.2, 0) is 12.8 Å². The number of fused-ring (bicyclic) bond motifs is 14. The van der Waals surface area contributed by atoms with Crippen LogP contribution in [0.1, 0.15) is 22.5 Å². The molecule has 8 heteroatoms. The lowest BCUT2D eigenvalue weighted by molar-refractivity contribution is 0.927. The molecule has 0 N–H and O–H groups in total. The molecular formula is C70H44N6S2. The monoisotopic (exact) mass is 1030 g/mol. The summed E-state index contributed by atoms with van der Waals surface area (Å²) in [5.74, 6) is 1.97. The van der Waals surface area contributed by atoms with E-state index in [9.17, 15) is 0 Å². The minimum atomic E-state index is 0.446. The number of nitrogens with zero attached hydrogens (tertiary/aromatic N) is 6. The van der Waals surface area contributed by atoms with Crippen LogP contribution in [0.5, 0.6) is 0 Å². The minimum absolute atomic E-state index is 0.446. The van der Waals surface area contributed by atoms with Crippen LogP contribution >= 0.6 is 22.7 Å². The largest absolute Gasteiger partial charge is 0.308 e. The third-order valence-electron chi connectivity index (χ3n) is 15.5. The summed E-state index contributed by atoms with van der Waals surface area (Å²) in [7, 11) is 0. The highest BCUT2D eigenvalue weighted by molar-refractivity contribution is 7.27. The molecule has 6 nitrogen and oxygen atoms in total. The quantitative estimate of drug-likeness (QED) is 0.145. The van der Waals surface area contributed by atoms with Gasteiger partial charge in [0.1, 0.15) is 5.82 Å². The van der Waals surface area contributed by atoms with Crippen LogP contribution in [0.4, 0.5) is 0 Å². The average molecular weight is 1030 g/mol. The Bertz CT molecular complexity index is 4960. The van der Waals surface area contributed by atoms with Crippen molar-refractivity contribution >= 4 is 107 Å². The molecule has 0 bridgehead atoms. The summed E-state index contributed by atoms with van der Waals surface area (Å²) in [4.78, 5) is 21.1. The molecular weight excluding hydrogens is 989 g/mol. The summed E-state index contributed by atoms with van der Waals surface area (Å²) in [5.41, 5.74) is 14.5. The van der Waals surface area contributed by atoms with Crippen molar-refractivity contribution in [3.8, 4) is 45.4 Å². The van der Waals surface area contributed by atoms with Crippen molar-refractivity contribution in [3.05, 3.63) is 265 Å². The number of pyridine rings is 1. The maximum Gasteiger partial charge on any atom is 0.163 e. The Labute approximate surface area is 456 Å². The fourth-order valence-electron chi connectivity index (χ4n) is 12.0. The van der Waals surface area contributed by atoms with Gasteiger partial charge in [0.05, 0.1) is 37.2 Å². The lowest BCUT2D eigenvalue weighted by Gasteiger charge is -2.14. The van der Waals surface area contributed by atoms with Crippen molar-refractivity contribution in [2.24, 2.45) is 0 Å². The molecule has 16 aromatic rings. The smallest absolute Gasteiger partial charge is 0.163 e. The Morgan fingerprint density at radius 2 is 0.808 bits per heavy atom. The van der Waals surface area contributed by atoms with Crippen LogP contribution in [0.3, 0.4) is 0 Å². The van der Waals surface area contributed by atoms with Crippen molar-refractivity contribution in [1.29, 1.82) is 0 Å². The van der Waals surface area contributed by atoms with E-state index in [0.717, 1.165) is 44.9 Å². The Balaban J connectivity index is 0.891. The second-order valence-electron chi connectivity index (χ2n) is 20.1. The van der Waals surface area contributed by atoms with Gasteiger partial charge in [-0.1, -0.05) is 200 Å². The number of hydrogen-bond donors (Lipinski definition) is 0. The highest BCUT2D eigenvalue weighted by Crippen LogP contribution is 2.47. The molecule has 6 heterocycles. The molecule has 0 saturated heterocycles. The molecule has 0 aliphatic heterocycles. The molecule has 0 aliphatic rings. The molecule has 0 saturated carbocycles. The van der Waals surface area contributed by atoms with Gasteiger partial charge in [-0.3, -0.25) is 4.98 Å². The Morgan fingerprint density at radius 1 is 0.346 bits per heavy atom. The lowest BCUT2D eigenvalue weighted by atomic mass is 9.97. The van der Waals surface area contributed by atoms with Gasteiger partial charge >= 0.3 is 0 Å². The maximum absolute atomic E-state index is 5.55. The molecule has 0 unspecified atom stereocenters. The molecule has 0 fully saturated rings. The molecule has 0 atom stereocenters. The maximum atomic E-state index is 5.55. The number of hydrogen-bond acceptors (Lipinski definition) is 6. The molecule has 6 aromatic heterocycles. The van der Waals surface area contributed by atoms with Gasteiger partial charge in [0.2, 0.25) is 0 Å². The van der Waals surface area contributed by atoms with Crippen molar-refractivity contribution in [2.75, 3.05) is 0 Å². The Hall–Kier alpha value is -9.60. The second-order valence-corrected chi connectivity index (χ2v) is 22.1. The number of rotatable bonds is 9. The topological polar surface area (TPSA) is 61.4 Å². The zero-order valence-electron chi connectivity index (χ0n) is 42.0. The van der Waals surface area contributed by atoms with Gasteiger partial charge in [-0.25, -0.2) is 15.0 Å². The third kappa shape index (κ3) is 7.14. The van der Waals surface area contributed by atoms with Gasteiger partial charge in [0.25, 0.3) is 0 Å². The van der Waals surface area contributed by atoms with Crippen LogP contribution in [0.2, 0.25) is 0 Å². The predicted molar refractivity (Wildman–Crippen MR) is 327 cm³/mol. The van der Waals surface area contributed by atoms with E-state index in [4.69, 9.17) is 19.9 Å².